The molecule has 3 rings (SSSR count). The van der Waals surface area contributed by atoms with E-state index in [9.17, 15) is 9.59 Å². The Labute approximate surface area is 156 Å². The van der Waals surface area contributed by atoms with E-state index in [4.69, 9.17) is 4.74 Å². The van der Waals surface area contributed by atoms with Gasteiger partial charge in [0, 0.05) is 0 Å². The van der Waals surface area contributed by atoms with Crippen LogP contribution in [0.15, 0.2) is 64.5 Å². The summed E-state index contributed by atoms with van der Waals surface area (Å²) < 4.78 is 6.70. The predicted octanol–water partition coefficient (Wildman–Crippen LogP) is 3.49. The number of hydrogen-bond acceptors (Lipinski definition) is 5. The number of nitrogens with zero attached hydrogens (tertiary/aromatic N) is 2. The first-order chi connectivity index (χ1) is 12.6. The summed E-state index contributed by atoms with van der Waals surface area (Å²) in [4.78, 5) is 29.7. The monoisotopic (exact) mass is 368 g/mol. The Hall–Kier alpha value is -2.60. The number of carbonyl (C=O) groups excluding carboxylic acids is 1. The second kappa shape index (κ2) is 8.19. The van der Waals surface area contributed by atoms with E-state index in [1.807, 2.05) is 48.5 Å². The first-order valence-electron chi connectivity index (χ1n) is 8.47. The molecule has 3 aromatic rings. The van der Waals surface area contributed by atoms with Crippen LogP contribution in [0.2, 0.25) is 0 Å². The number of thioether (sulfide) groups is 1. The molecule has 0 bridgehead atoms. The maximum absolute atomic E-state index is 13.0. The predicted molar refractivity (Wildman–Crippen MR) is 103 cm³/mol. The SMILES string of the molecule is CCOC(=O)C(C)Sc1nc2ccccc2c(=O)n1Cc1ccccc1. The maximum Gasteiger partial charge on any atom is 0.319 e. The Kier molecular flexibility index (Phi) is 5.73. The number of ether oxygens (including phenoxy) is 1. The van der Waals surface area contributed by atoms with Gasteiger partial charge in [0.15, 0.2) is 5.16 Å². The summed E-state index contributed by atoms with van der Waals surface area (Å²) in [5.74, 6) is -0.314. The fraction of sp³-hybridized carbons (Fsp3) is 0.250. The van der Waals surface area contributed by atoms with Crippen molar-refractivity contribution in [3.63, 3.8) is 0 Å². The minimum absolute atomic E-state index is 0.113. The van der Waals surface area contributed by atoms with Gasteiger partial charge in [-0.25, -0.2) is 4.98 Å². The van der Waals surface area contributed by atoms with Gasteiger partial charge in [0.25, 0.3) is 5.56 Å². The van der Waals surface area contributed by atoms with Crippen molar-refractivity contribution in [1.29, 1.82) is 0 Å². The van der Waals surface area contributed by atoms with Crippen LogP contribution >= 0.6 is 11.8 Å². The number of hydrogen-bond donors (Lipinski definition) is 0. The minimum atomic E-state index is -0.454. The van der Waals surface area contributed by atoms with Crippen LogP contribution in [0.5, 0.6) is 0 Å². The zero-order valence-corrected chi connectivity index (χ0v) is 15.5. The van der Waals surface area contributed by atoms with Crippen molar-refractivity contribution in [3.8, 4) is 0 Å². The van der Waals surface area contributed by atoms with Crippen molar-refractivity contribution < 1.29 is 9.53 Å². The van der Waals surface area contributed by atoms with Crippen molar-refractivity contribution in [2.45, 2.75) is 30.8 Å². The molecule has 1 heterocycles. The van der Waals surface area contributed by atoms with Gasteiger partial charge in [-0.2, -0.15) is 0 Å². The summed E-state index contributed by atoms with van der Waals surface area (Å²) >= 11 is 1.24. The zero-order chi connectivity index (χ0) is 18.5. The third-order valence-electron chi connectivity index (χ3n) is 3.91. The Morgan fingerprint density at radius 2 is 1.85 bits per heavy atom. The first kappa shape index (κ1) is 18.2. The Bertz CT molecular complexity index is 970. The van der Waals surface area contributed by atoms with E-state index in [1.165, 1.54) is 11.8 Å². The highest BCUT2D eigenvalue weighted by atomic mass is 32.2. The van der Waals surface area contributed by atoms with Crippen LogP contribution in [0, 0.1) is 0 Å². The molecular weight excluding hydrogens is 348 g/mol. The minimum Gasteiger partial charge on any atom is -0.465 e. The summed E-state index contributed by atoms with van der Waals surface area (Å²) in [7, 11) is 0. The van der Waals surface area contributed by atoms with Gasteiger partial charge < -0.3 is 4.74 Å². The molecule has 5 nitrogen and oxygen atoms in total. The highest BCUT2D eigenvalue weighted by Gasteiger charge is 2.20. The van der Waals surface area contributed by atoms with Crippen molar-refractivity contribution in [2.24, 2.45) is 0 Å². The molecule has 0 fully saturated rings. The molecule has 0 spiro atoms. The van der Waals surface area contributed by atoms with Crippen LogP contribution in [0.4, 0.5) is 0 Å². The highest BCUT2D eigenvalue weighted by Crippen LogP contribution is 2.24. The van der Waals surface area contributed by atoms with Crippen molar-refractivity contribution in [2.75, 3.05) is 6.61 Å². The van der Waals surface area contributed by atoms with Crippen molar-refractivity contribution in [3.05, 3.63) is 70.5 Å². The van der Waals surface area contributed by atoms with Crippen LogP contribution in [0.1, 0.15) is 19.4 Å². The standard InChI is InChI=1S/C20H20N2O3S/c1-3-25-19(24)14(2)26-20-21-17-12-8-7-11-16(17)18(23)22(20)13-15-9-5-4-6-10-15/h4-12,14H,3,13H2,1-2H3. The molecule has 1 aromatic heterocycles. The summed E-state index contributed by atoms with van der Waals surface area (Å²) in [6, 6.07) is 17.0. The van der Waals surface area contributed by atoms with Gasteiger partial charge in [0.2, 0.25) is 0 Å². The van der Waals surface area contributed by atoms with Crippen molar-refractivity contribution >= 4 is 28.6 Å². The van der Waals surface area contributed by atoms with E-state index in [0.717, 1.165) is 5.56 Å². The molecule has 0 amide bonds. The van der Waals surface area contributed by atoms with E-state index in [2.05, 4.69) is 4.98 Å². The number of carbonyl (C=O) groups is 1. The number of rotatable bonds is 6. The Morgan fingerprint density at radius 3 is 2.58 bits per heavy atom. The smallest absolute Gasteiger partial charge is 0.319 e. The molecule has 1 unspecified atom stereocenters. The number of esters is 1. The lowest BCUT2D eigenvalue weighted by molar-refractivity contribution is -0.142. The third kappa shape index (κ3) is 3.96. The number of fused-ring (bicyclic) bond motifs is 1. The number of aromatic nitrogens is 2. The van der Waals surface area contributed by atoms with E-state index in [0.29, 0.717) is 29.2 Å². The van der Waals surface area contributed by atoms with Crippen LogP contribution in [0.25, 0.3) is 10.9 Å². The molecule has 0 saturated carbocycles. The van der Waals surface area contributed by atoms with E-state index in [-0.39, 0.29) is 11.5 Å². The van der Waals surface area contributed by atoms with Gasteiger partial charge in [0.05, 0.1) is 24.1 Å². The van der Waals surface area contributed by atoms with Gasteiger partial charge in [-0.15, -0.1) is 0 Å². The fourth-order valence-corrected chi connectivity index (χ4v) is 3.52. The molecule has 1 atom stereocenters. The molecule has 0 saturated heterocycles. The Morgan fingerprint density at radius 1 is 1.15 bits per heavy atom. The lowest BCUT2D eigenvalue weighted by atomic mass is 10.2. The summed E-state index contributed by atoms with van der Waals surface area (Å²) in [6.45, 7) is 4.26. The van der Waals surface area contributed by atoms with E-state index in [1.54, 1.807) is 24.5 Å². The van der Waals surface area contributed by atoms with E-state index >= 15 is 0 Å². The second-order valence-corrected chi connectivity index (χ2v) is 7.11. The fourth-order valence-electron chi connectivity index (χ4n) is 2.61. The average molecular weight is 368 g/mol. The molecule has 0 aliphatic rings. The average Bonchev–Trinajstić information content (AvgIpc) is 2.66. The molecule has 0 radical (unpaired) electrons. The van der Waals surface area contributed by atoms with Crippen LogP contribution in [-0.4, -0.2) is 27.4 Å². The van der Waals surface area contributed by atoms with Crippen LogP contribution < -0.4 is 5.56 Å². The molecule has 2 aromatic carbocycles. The van der Waals surface area contributed by atoms with Crippen LogP contribution in [-0.2, 0) is 16.1 Å². The summed E-state index contributed by atoms with van der Waals surface area (Å²) in [5, 5.41) is 0.625. The lowest BCUT2D eigenvalue weighted by Crippen LogP contribution is -2.26. The van der Waals surface area contributed by atoms with E-state index < -0.39 is 5.25 Å². The first-order valence-corrected chi connectivity index (χ1v) is 9.35. The van der Waals surface area contributed by atoms with Gasteiger partial charge >= 0.3 is 5.97 Å². The highest BCUT2D eigenvalue weighted by molar-refractivity contribution is 8.00. The zero-order valence-electron chi connectivity index (χ0n) is 14.7. The van der Waals surface area contributed by atoms with Crippen LogP contribution in [0.3, 0.4) is 0 Å². The van der Waals surface area contributed by atoms with Gasteiger partial charge in [-0.3, -0.25) is 14.2 Å². The Balaban J connectivity index is 2.05. The molecule has 26 heavy (non-hydrogen) atoms. The lowest BCUT2D eigenvalue weighted by Gasteiger charge is -2.16. The largest absolute Gasteiger partial charge is 0.465 e. The molecule has 0 N–H and O–H groups in total. The second-order valence-electron chi connectivity index (χ2n) is 5.80. The molecule has 6 heteroatoms. The van der Waals surface area contributed by atoms with Gasteiger partial charge in [0.1, 0.15) is 5.25 Å². The normalized spacial score (nSPS) is 12.1. The molecule has 0 aliphatic heterocycles. The topological polar surface area (TPSA) is 61.2 Å². The van der Waals surface area contributed by atoms with Gasteiger partial charge in [-0.1, -0.05) is 54.2 Å². The molecule has 0 aliphatic carbocycles. The number of benzene rings is 2. The number of para-hydroxylation sites is 1. The van der Waals surface area contributed by atoms with Gasteiger partial charge in [-0.05, 0) is 31.5 Å². The molecule has 134 valence electrons. The third-order valence-corrected chi connectivity index (χ3v) is 4.98. The quantitative estimate of drug-likeness (QED) is 0.379. The summed E-state index contributed by atoms with van der Waals surface area (Å²) in [6.07, 6.45) is 0. The maximum atomic E-state index is 13.0. The molecular formula is C20H20N2O3S. The summed E-state index contributed by atoms with van der Waals surface area (Å²) in [5.41, 5.74) is 1.51. The van der Waals surface area contributed by atoms with Crippen molar-refractivity contribution in [1.82, 2.24) is 9.55 Å².